The Hall–Kier alpha value is -0.570. The van der Waals surface area contributed by atoms with Crippen LogP contribution in [0.1, 0.15) is 64.2 Å². The fourth-order valence-corrected chi connectivity index (χ4v) is 3.36. The number of Topliss-reactive ketones (excluding diaryl/α,β-unsaturated/α-hetero) is 1. The molecule has 0 saturated carbocycles. The quantitative estimate of drug-likeness (QED) is 0.238. The highest BCUT2D eigenvalue weighted by Crippen LogP contribution is 2.20. The Morgan fingerprint density at radius 3 is 2.08 bits per heavy atom. The summed E-state index contributed by atoms with van der Waals surface area (Å²) in [5.41, 5.74) is 0. The van der Waals surface area contributed by atoms with Crippen molar-refractivity contribution in [3.63, 3.8) is 0 Å². The summed E-state index contributed by atoms with van der Waals surface area (Å²) in [7, 11) is 0. The van der Waals surface area contributed by atoms with Gasteiger partial charge in [-0.2, -0.15) is 0 Å². The monoisotopic (exact) mass is 361 g/mol. The molecule has 1 fully saturated rings. The third kappa shape index (κ3) is 8.11. The van der Waals surface area contributed by atoms with Crippen molar-refractivity contribution in [2.45, 2.75) is 94.6 Å². The minimum Gasteiger partial charge on any atom is -0.396 e. The molecule has 0 radical (unpaired) electrons. The van der Waals surface area contributed by atoms with Gasteiger partial charge in [-0.05, 0) is 19.3 Å². The summed E-state index contributed by atoms with van der Waals surface area (Å²) in [6.45, 7) is -0.200. The fraction of sp³-hybridized carbons (Fsp3) is 0.944. The van der Waals surface area contributed by atoms with Crippen LogP contribution in [0.3, 0.4) is 0 Å². The summed E-state index contributed by atoms with van der Waals surface area (Å²) in [5.74, 6) is 0.225. The van der Waals surface area contributed by atoms with Crippen molar-refractivity contribution in [3.05, 3.63) is 0 Å². The molecule has 6 N–H and O–H groups in total. The predicted molar refractivity (Wildman–Crippen MR) is 94.1 cm³/mol. The van der Waals surface area contributed by atoms with Crippen molar-refractivity contribution in [1.82, 2.24) is 5.32 Å². The van der Waals surface area contributed by atoms with Crippen LogP contribution in [0.2, 0.25) is 0 Å². The van der Waals surface area contributed by atoms with E-state index in [4.69, 9.17) is 10.2 Å². The number of rotatable bonds is 14. The molecule has 148 valence electrons. The van der Waals surface area contributed by atoms with E-state index >= 15 is 0 Å². The highest BCUT2D eigenvalue weighted by molar-refractivity contribution is 5.78. The van der Waals surface area contributed by atoms with E-state index in [0.717, 1.165) is 38.5 Å². The van der Waals surface area contributed by atoms with Gasteiger partial charge in [-0.15, -0.1) is 0 Å². The summed E-state index contributed by atoms with van der Waals surface area (Å²) < 4.78 is 0. The molecule has 0 spiro atoms. The summed E-state index contributed by atoms with van der Waals surface area (Å²) in [6, 6.07) is -1.19. The highest BCUT2D eigenvalue weighted by Gasteiger charge is 2.43. The van der Waals surface area contributed by atoms with Crippen LogP contribution in [0.4, 0.5) is 0 Å². The van der Waals surface area contributed by atoms with Crippen LogP contribution in [0.5, 0.6) is 0 Å². The van der Waals surface area contributed by atoms with E-state index in [2.05, 4.69) is 5.32 Å². The average Bonchev–Trinajstić information content (AvgIpc) is 2.90. The molecule has 25 heavy (non-hydrogen) atoms. The summed E-state index contributed by atoms with van der Waals surface area (Å²) in [5, 5.41) is 50.4. The Morgan fingerprint density at radius 1 is 0.880 bits per heavy atom. The first kappa shape index (κ1) is 22.5. The van der Waals surface area contributed by atoms with Gasteiger partial charge in [0.05, 0.1) is 37.0 Å². The van der Waals surface area contributed by atoms with Crippen molar-refractivity contribution in [2.24, 2.45) is 0 Å². The van der Waals surface area contributed by atoms with E-state index in [9.17, 15) is 20.1 Å². The van der Waals surface area contributed by atoms with E-state index in [-0.39, 0.29) is 19.0 Å². The van der Waals surface area contributed by atoms with Crippen LogP contribution in [-0.4, -0.2) is 74.9 Å². The number of carbonyl (C=O) groups is 1. The Morgan fingerprint density at radius 2 is 1.48 bits per heavy atom. The molecule has 0 aromatic rings. The molecule has 1 heterocycles. The molecule has 1 aliphatic rings. The second-order valence-electron chi connectivity index (χ2n) is 7.06. The van der Waals surface area contributed by atoms with Gasteiger partial charge in [0.15, 0.2) is 0 Å². The largest absolute Gasteiger partial charge is 0.396 e. The van der Waals surface area contributed by atoms with E-state index in [1.807, 2.05) is 0 Å². The number of ketones is 1. The highest BCUT2D eigenvalue weighted by atomic mass is 16.3. The lowest BCUT2D eigenvalue weighted by molar-refractivity contribution is -0.119. The maximum atomic E-state index is 11.4. The van der Waals surface area contributed by atoms with Crippen molar-refractivity contribution >= 4 is 5.78 Å². The zero-order chi connectivity index (χ0) is 18.7. The lowest BCUT2D eigenvalue weighted by Crippen LogP contribution is -2.44. The normalized spacial score (nSPS) is 27.6. The van der Waals surface area contributed by atoms with Gasteiger partial charge in [0.25, 0.3) is 0 Å². The van der Waals surface area contributed by atoms with Gasteiger partial charge < -0.3 is 30.8 Å². The minimum absolute atomic E-state index is 0.0740. The van der Waals surface area contributed by atoms with Crippen LogP contribution in [0.25, 0.3) is 0 Å². The first-order chi connectivity index (χ1) is 12.0. The van der Waals surface area contributed by atoms with E-state index in [1.54, 1.807) is 0 Å². The second kappa shape index (κ2) is 12.7. The third-order valence-electron chi connectivity index (χ3n) is 4.97. The number of aliphatic hydroxyl groups is 5. The third-order valence-corrected chi connectivity index (χ3v) is 4.97. The van der Waals surface area contributed by atoms with E-state index < -0.39 is 30.4 Å². The molecule has 0 amide bonds. The lowest BCUT2D eigenvalue weighted by atomic mass is 9.98. The van der Waals surface area contributed by atoms with Gasteiger partial charge in [0.2, 0.25) is 0 Å². The molecular formula is C18H35NO6. The first-order valence-electron chi connectivity index (χ1n) is 9.55. The summed E-state index contributed by atoms with van der Waals surface area (Å²) in [4.78, 5) is 11.4. The van der Waals surface area contributed by atoms with Crippen molar-refractivity contribution < 1.29 is 30.3 Å². The van der Waals surface area contributed by atoms with Gasteiger partial charge in [0, 0.05) is 19.4 Å². The molecule has 1 saturated heterocycles. The number of hydrogen-bond donors (Lipinski definition) is 6. The lowest BCUT2D eigenvalue weighted by Gasteiger charge is -2.22. The van der Waals surface area contributed by atoms with Crippen LogP contribution >= 0.6 is 0 Å². The van der Waals surface area contributed by atoms with Crippen molar-refractivity contribution in [1.29, 1.82) is 0 Å². The van der Waals surface area contributed by atoms with Crippen molar-refractivity contribution in [2.75, 3.05) is 13.2 Å². The van der Waals surface area contributed by atoms with E-state index in [0.29, 0.717) is 25.7 Å². The molecule has 1 rings (SSSR count). The Labute approximate surface area is 150 Å². The summed E-state index contributed by atoms with van der Waals surface area (Å²) >= 11 is 0. The molecule has 1 aliphatic heterocycles. The molecule has 7 heteroatoms. The Balaban J connectivity index is 2.02. The zero-order valence-corrected chi connectivity index (χ0v) is 15.0. The topological polar surface area (TPSA) is 130 Å². The minimum atomic E-state index is -1.06. The molecule has 0 aromatic carbocycles. The van der Waals surface area contributed by atoms with Gasteiger partial charge in [-0.25, -0.2) is 0 Å². The van der Waals surface area contributed by atoms with Gasteiger partial charge in [0.1, 0.15) is 5.78 Å². The first-order valence-corrected chi connectivity index (χ1v) is 9.55. The number of unbranched alkanes of at least 4 members (excludes halogenated alkanes) is 5. The standard InChI is InChI=1S/C18H35NO6/c20-11-7-9-13(22)8-5-3-1-2-4-6-10-15(23)16-18(25)17(24)14(12-21)19-16/h14-21,23-25H,1-12H2/t14-,15?,16-,17-,18-/m1/s1. The average molecular weight is 361 g/mol. The van der Waals surface area contributed by atoms with Crippen LogP contribution in [0.15, 0.2) is 0 Å². The van der Waals surface area contributed by atoms with Crippen LogP contribution < -0.4 is 5.32 Å². The fourth-order valence-electron chi connectivity index (χ4n) is 3.36. The van der Waals surface area contributed by atoms with Crippen LogP contribution in [-0.2, 0) is 4.79 Å². The maximum absolute atomic E-state index is 11.4. The van der Waals surface area contributed by atoms with Gasteiger partial charge >= 0.3 is 0 Å². The number of nitrogens with one attached hydrogen (secondary N) is 1. The zero-order valence-electron chi connectivity index (χ0n) is 15.0. The molecule has 7 nitrogen and oxygen atoms in total. The Kier molecular flexibility index (Phi) is 11.4. The number of hydrogen-bond acceptors (Lipinski definition) is 7. The predicted octanol–water partition coefficient (Wildman–Crippen LogP) is -0.136. The van der Waals surface area contributed by atoms with Gasteiger partial charge in [-0.3, -0.25) is 4.79 Å². The van der Waals surface area contributed by atoms with Crippen LogP contribution in [0, 0.1) is 0 Å². The molecule has 0 aliphatic carbocycles. The SMILES string of the molecule is O=C(CCCO)CCCCCCCCC(O)[C@H]1N[C@H](CO)[C@@H](O)[C@@H]1O. The van der Waals surface area contributed by atoms with Crippen molar-refractivity contribution in [3.8, 4) is 0 Å². The number of carbonyl (C=O) groups excluding carboxylic acids is 1. The molecule has 5 atom stereocenters. The molecule has 0 aromatic heterocycles. The smallest absolute Gasteiger partial charge is 0.132 e. The summed E-state index contributed by atoms with van der Waals surface area (Å²) in [6.07, 6.45) is 5.13. The maximum Gasteiger partial charge on any atom is 0.132 e. The second-order valence-corrected chi connectivity index (χ2v) is 7.06. The van der Waals surface area contributed by atoms with Gasteiger partial charge in [-0.1, -0.05) is 32.1 Å². The van der Waals surface area contributed by atoms with E-state index in [1.165, 1.54) is 0 Å². The number of aliphatic hydroxyl groups excluding tert-OH is 5. The Bertz CT molecular complexity index is 367. The molecular weight excluding hydrogens is 326 g/mol. The molecule has 1 unspecified atom stereocenters. The molecule has 0 bridgehead atoms.